The van der Waals surface area contributed by atoms with Gasteiger partial charge in [0.2, 0.25) is 23.6 Å². The molecule has 34 heavy (non-hydrogen) atoms. The van der Waals surface area contributed by atoms with Crippen molar-refractivity contribution in [1.29, 1.82) is 0 Å². The van der Waals surface area contributed by atoms with Crippen LogP contribution in [0, 0.1) is 47.3 Å². The van der Waals surface area contributed by atoms with E-state index in [1.807, 2.05) is 23.5 Å². The van der Waals surface area contributed by atoms with E-state index in [-0.39, 0.29) is 71.0 Å². The minimum Gasteiger partial charge on any atom is -0.284 e. The molecule has 8 aliphatic rings. The van der Waals surface area contributed by atoms with E-state index in [0.29, 0.717) is 13.3 Å². The first-order chi connectivity index (χ1) is 16.6. The maximum atomic E-state index is 13.5. The average molecular weight is 503 g/mol. The molecule has 0 aromatic heterocycles. The summed E-state index contributed by atoms with van der Waals surface area (Å²) in [5, 5.41) is 0. The molecule has 2 saturated carbocycles. The van der Waals surface area contributed by atoms with Gasteiger partial charge in [-0.15, -0.1) is 0 Å². The predicted octanol–water partition coefficient (Wildman–Crippen LogP) is 0.263. The minimum atomic E-state index is -0.361. The lowest BCUT2D eigenvalue weighted by Crippen LogP contribution is -2.63. The van der Waals surface area contributed by atoms with Crippen molar-refractivity contribution in [2.45, 2.75) is 0 Å². The van der Waals surface area contributed by atoms with Crippen molar-refractivity contribution in [2.75, 3.05) is 62.5 Å². The molecule has 4 saturated heterocycles. The first-order valence-electron chi connectivity index (χ1n) is 12.6. The molecule has 0 spiro atoms. The Labute approximate surface area is 207 Å². The number of hydrogen-bond donors (Lipinski definition) is 0. The Morgan fingerprint density at radius 3 is 1.32 bits per heavy atom. The summed E-state index contributed by atoms with van der Waals surface area (Å²) in [7, 11) is 0. The molecule has 4 amide bonds. The fourth-order valence-corrected chi connectivity index (χ4v) is 9.85. The Hall–Kier alpha value is -1.36. The van der Waals surface area contributed by atoms with Gasteiger partial charge >= 0.3 is 0 Å². The summed E-state index contributed by atoms with van der Waals surface area (Å²) in [6.45, 7) is 4.36. The number of fused-ring (bicyclic) bond motifs is 1. The zero-order chi connectivity index (χ0) is 23.1. The van der Waals surface area contributed by atoms with Crippen molar-refractivity contribution in [1.82, 2.24) is 19.6 Å². The van der Waals surface area contributed by atoms with Gasteiger partial charge in [-0.05, 0) is 23.7 Å². The van der Waals surface area contributed by atoms with E-state index in [1.165, 1.54) is 9.80 Å². The molecule has 0 N–H and O–H groups in total. The highest BCUT2D eigenvalue weighted by Gasteiger charge is 2.75. The number of imide groups is 2. The highest BCUT2D eigenvalue weighted by Crippen LogP contribution is 2.68. The summed E-state index contributed by atoms with van der Waals surface area (Å²) in [5.41, 5.74) is 0. The zero-order valence-electron chi connectivity index (χ0n) is 19.1. The zero-order valence-corrected chi connectivity index (χ0v) is 20.7. The number of allylic oxidation sites excluding steroid dienone is 2. The number of carbonyl (C=O) groups excluding carboxylic acids is 4. The molecule has 0 aromatic rings. The average Bonchev–Trinajstić information content (AvgIpc) is 3.21. The maximum absolute atomic E-state index is 13.5. The lowest BCUT2D eigenvalue weighted by atomic mass is 9.40. The molecule has 4 aliphatic carbocycles. The Kier molecular flexibility index (Phi) is 5.20. The van der Waals surface area contributed by atoms with E-state index in [1.54, 1.807) is 0 Å². The van der Waals surface area contributed by atoms with E-state index in [4.69, 9.17) is 0 Å². The maximum Gasteiger partial charge on any atom is 0.234 e. The van der Waals surface area contributed by atoms with Crippen molar-refractivity contribution in [3.05, 3.63) is 12.2 Å². The van der Waals surface area contributed by atoms with E-state index < -0.39 is 0 Å². The summed E-state index contributed by atoms with van der Waals surface area (Å²) >= 11 is 3.81. The van der Waals surface area contributed by atoms with Gasteiger partial charge in [-0.1, -0.05) is 12.2 Å². The number of carbonyl (C=O) groups is 4. The number of hydrogen-bond acceptors (Lipinski definition) is 8. The topological polar surface area (TPSA) is 81.2 Å². The third kappa shape index (κ3) is 2.94. The van der Waals surface area contributed by atoms with Crippen molar-refractivity contribution < 1.29 is 19.2 Å². The van der Waals surface area contributed by atoms with Crippen molar-refractivity contribution in [3.63, 3.8) is 0 Å². The summed E-state index contributed by atoms with van der Waals surface area (Å²) in [5.74, 6) is 2.36. The minimum absolute atomic E-state index is 0.0164. The molecule has 6 fully saturated rings. The number of rotatable bonds is 4. The Bertz CT molecular complexity index is 922. The van der Waals surface area contributed by atoms with Crippen LogP contribution in [-0.4, -0.2) is 106 Å². The van der Waals surface area contributed by atoms with Gasteiger partial charge in [-0.25, -0.2) is 0 Å². The van der Waals surface area contributed by atoms with Gasteiger partial charge in [0.1, 0.15) is 0 Å². The standard InChI is InChI=1S/C24H30N4O4S2/c29-21-17-13-1-2-14(18(17)22(30)27(21)11-25-3-7-33-8-4-25)16-15(13)19-20(16)24(32)28(23(19)31)12-26-5-9-34-10-6-26/h1-2,13-20H,3-12H2/t13-,14+,15-,16-,17+,18-,19-,20-/m1/s1. The molecule has 0 aromatic carbocycles. The lowest BCUT2D eigenvalue weighted by molar-refractivity contribution is -0.166. The fourth-order valence-electron chi connectivity index (χ4n) is 7.89. The van der Waals surface area contributed by atoms with Crippen LogP contribution in [0.15, 0.2) is 12.2 Å². The second kappa shape index (κ2) is 8.08. The summed E-state index contributed by atoms with van der Waals surface area (Å²) in [4.78, 5) is 61.3. The molecule has 0 radical (unpaired) electrons. The highest BCUT2D eigenvalue weighted by molar-refractivity contribution is 7.99. The van der Waals surface area contributed by atoms with E-state index in [2.05, 4.69) is 22.0 Å². The second-order valence-electron chi connectivity index (χ2n) is 10.8. The van der Waals surface area contributed by atoms with E-state index >= 15 is 0 Å². The van der Waals surface area contributed by atoms with Crippen molar-refractivity contribution >= 4 is 47.2 Å². The molecule has 182 valence electrons. The van der Waals surface area contributed by atoms with Crippen LogP contribution in [0.2, 0.25) is 0 Å². The largest absolute Gasteiger partial charge is 0.284 e. The smallest absolute Gasteiger partial charge is 0.234 e. The molecule has 0 unspecified atom stereocenters. The van der Waals surface area contributed by atoms with Gasteiger partial charge in [0, 0.05) is 49.2 Å². The molecular weight excluding hydrogens is 472 g/mol. The van der Waals surface area contributed by atoms with Crippen LogP contribution in [0.1, 0.15) is 0 Å². The molecule has 4 heterocycles. The quantitative estimate of drug-likeness (QED) is 0.400. The summed E-state index contributed by atoms with van der Waals surface area (Å²) in [6, 6.07) is 0. The van der Waals surface area contributed by atoms with Crippen LogP contribution in [0.3, 0.4) is 0 Å². The molecular formula is C24H30N4O4S2. The van der Waals surface area contributed by atoms with Gasteiger partial charge in [0.25, 0.3) is 0 Å². The van der Waals surface area contributed by atoms with Crippen LogP contribution in [-0.2, 0) is 19.2 Å². The Balaban J connectivity index is 1.13. The monoisotopic (exact) mass is 502 g/mol. The van der Waals surface area contributed by atoms with Gasteiger partial charge in [0.05, 0.1) is 37.0 Å². The SMILES string of the molecule is O=C1[C@@H]2[C@H]3C=C[C@@H]([C@@H]2C(=O)N1CN1CCSCC1)[C@H]1[C@H]2C(=O)N(CN4CCSCC4)C(=O)[C@@H]2[C@H]31. The van der Waals surface area contributed by atoms with Crippen LogP contribution >= 0.6 is 23.5 Å². The van der Waals surface area contributed by atoms with Gasteiger partial charge in [-0.2, -0.15) is 23.5 Å². The third-order valence-corrected chi connectivity index (χ3v) is 11.3. The molecule has 8 nitrogen and oxygen atoms in total. The Morgan fingerprint density at radius 1 is 0.588 bits per heavy atom. The summed E-state index contributed by atoms with van der Waals surface area (Å²) in [6.07, 6.45) is 4.19. The van der Waals surface area contributed by atoms with Crippen LogP contribution < -0.4 is 0 Å². The third-order valence-electron chi connectivity index (χ3n) is 9.42. The van der Waals surface area contributed by atoms with Gasteiger partial charge in [-0.3, -0.25) is 38.8 Å². The van der Waals surface area contributed by atoms with E-state index in [9.17, 15) is 19.2 Å². The molecule has 4 aliphatic heterocycles. The van der Waals surface area contributed by atoms with Crippen LogP contribution in [0.4, 0.5) is 0 Å². The van der Waals surface area contributed by atoms with Gasteiger partial charge < -0.3 is 0 Å². The predicted molar refractivity (Wildman–Crippen MR) is 128 cm³/mol. The molecule has 8 atom stereocenters. The molecule has 10 heteroatoms. The Morgan fingerprint density at radius 2 is 0.941 bits per heavy atom. The number of likely N-dealkylation sites (tertiary alicyclic amines) is 2. The lowest BCUT2D eigenvalue weighted by Gasteiger charge is -2.60. The first kappa shape index (κ1) is 21.9. The van der Waals surface area contributed by atoms with Crippen molar-refractivity contribution in [2.24, 2.45) is 47.3 Å². The van der Waals surface area contributed by atoms with Crippen LogP contribution in [0.25, 0.3) is 0 Å². The normalized spacial score (nSPS) is 43.9. The number of amides is 4. The van der Waals surface area contributed by atoms with Crippen LogP contribution in [0.5, 0.6) is 0 Å². The molecule has 2 bridgehead atoms. The second-order valence-corrected chi connectivity index (χ2v) is 13.2. The number of nitrogens with zero attached hydrogens (tertiary/aromatic N) is 4. The summed E-state index contributed by atoms with van der Waals surface area (Å²) < 4.78 is 0. The van der Waals surface area contributed by atoms with Crippen molar-refractivity contribution in [3.8, 4) is 0 Å². The van der Waals surface area contributed by atoms with Gasteiger partial charge in [0.15, 0.2) is 0 Å². The first-order valence-corrected chi connectivity index (χ1v) is 14.9. The fraction of sp³-hybridized carbons (Fsp3) is 0.750. The molecule has 8 rings (SSSR count). The van der Waals surface area contributed by atoms with E-state index in [0.717, 1.165) is 49.2 Å². The highest BCUT2D eigenvalue weighted by atomic mass is 32.2. The number of thioether (sulfide) groups is 2.